The number of hydrogen-bond donors (Lipinski definition) is 0. The minimum atomic E-state index is 0. The summed E-state index contributed by atoms with van der Waals surface area (Å²) in [4.78, 5) is 0. The third-order valence-corrected chi connectivity index (χ3v) is 0. The molecule has 0 unspecified atom stereocenters. The number of hydrogen-bond acceptors (Lipinski definition) is 0. The van der Waals surface area contributed by atoms with Gasteiger partial charge in [0.1, 0.15) is 0 Å². The summed E-state index contributed by atoms with van der Waals surface area (Å²) in [5, 5.41) is 0. The van der Waals surface area contributed by atoms with Crippen LogP contribution in [0.5, 0.6) is 0 Å². The molecule has 6 heavy (non-hydrogen) atoms. The minimum Gasteiger partial charge on any atom is -1.00 e. The SMILES string of the molecule is C[C](C)C.[Br-].[Zn]. The molecule has 0 N–H and O–H groups in total. The molecule has 0 saturated heterocycles. The van der Waals surface area contributed by atoms with Gasteiger partial charge in [-0.2, -0.15) is 0 Å². The zero-order valence-corrected chi connectivity index (χ0v) is 9.14. The second-order valence-corrected chi connectivity index (χ2v) is 1.50. The molecule has 1 radical (unpaired) electrons. The fourth-order valence-corrected chi connectivity index (χ4v) is 0. The molecule has 0 fully saturated rings. The maximum Gasteiger partial charge on any atom is 0 e. The van der Waals surface area contributed by atoms with Crippen LogP contribution in [0.3, 0.4) is 0 Å². The predicted octanol–water partition coefficient (Wildman–Crippen LogP) is -1.38. The van der Waals surface area contributed by atoms with Gasteiger partial charge in [-0.1, -0.05) is 20.8 Å². The normalized spacial score (nSPS) is 6.00. The van der Waals surface area contributed by atoms with Crippen molar-refractivity contribution < 1.29 is 36.5 Å². The fraction of sp³-hybridized carbons (Fsp3) is 0.750. The first kappa shape index (κ1) is 15.7. The van der Waals surface area contributed by atoms with Crippen molar-refractivity contribution >= 4 is 0 Å². The average molecular weight is 202 g/mol. The van der Waals surface area contributed by atoms with E-state index in [1.165, 1.54) is 5.92 Å². The minimum absolute atomic E-state index is 0. The van der Waals surface area contributed by atoms with Crippen LogP contribution in [-0.4, -0.2) is 0 Å². The van der Waals surface area contributed by atoms with Gasteiger partial charge in [-0.25, -0.2) is 0 Å². The summed E-state index contributed by atoms with van der Waals surface area (Å²) in [6, 6.07) is 0. The molecular formula is C4H9BrZn-. The van der Waals surface area contributed by atoms with E-state index in [1.54, 1.807) is 0 Å². The van der Waals surface area contributed by atoms with Gasteiger partial charge >= 0.3 is 0 Å². The largest absolute Gasteiger partial charge is 1.00 e. The summed E-state index contributed by atoms with van der Waals surface area (Å²) in [6.45, 7) is 6.25. The van der Waals surface area contributed by atoms with Gasteiger partial charge in [-0.05, 0) is 5.92 Å². The molecule has 0 aromatic heterocycles. The molecule has 0 aliphatic rings. The summed E-state index contributed by atoms with van der Waals surface area (Å²) in [7, 11) is 0. The summed E-state index contributed by atoms with van der Waals surface area (Å²) in [5.41, 5.74) is 0. The topological polar surface area (TPSA) is 0 Å². The molecule has 0 spiro atoms. The van der Waals surface area contributed by atoms with E-state index in [0.717, 1.165) is 0 Å². The number of rotatable bonds is 0. The predicted molar refractivity (Wildman–Crippen MR) is 20.3 cm³/mol. The van der Waals surface area contributed by atoms with Crippen molar-refractivity contribution in [2.45, 2.75) is 20.8 Å². The van der Waals surface area contributed by atoms with E-state index in [4.69, 9.17) is 0 Å². The smallest absolute Gasteiger partial charge is 0 e. The maximum absolute atomic E-state index is 2.08. The summed E-state index contributed by atoms with van der Waals surface area (Å²) < 4.78 is 0. The van der Waals surface area contributed by atoms with Crippen molar-refractivity contribution in [2.75, 3.05) is 0 Å². The van der Waals surface area contributed by atoms with Crippen LogP contribution in [0.25, 0.3) is 0 Å². The van der Waals surface area contributed by atoms with Gasteiger partial charge in [-0.15, -0.1) is 0 Å². The Hall–Kier alpha value is 1.10. The number of halogens is 1. The molecule has 0 saturated carbocycles. The molecular weight excluding hydrogens is 193 g/mol. The Morgan fingerprint density at radius 1 is 1.00 bits per heavy atom. The molecule has 0 aromatic carbocycles. The second kappa shape index (κ2) is 9.44. The molecule has 0 heterocycles. The standard InChI is InChI=1S/C4H9.BrH.Zn/c1-4(2)3;;/h1-3H3;1H;/p-1. The van der Waals surface area contributed by atoms with E-state index < -0.39 is 0 Å². The van der Waals surface area contributed by atoms with Crippen molar-refractivity contribution in [3.8, 4) is 0 Å². The molecule has 0 rings (SSSR count). The fourth-order valence-electron chi connectivity index (χ4n) is 0. The van der Waals surface area contributed by atoms with Gasteiger partial charge in [0.05, 0.1) is 0 Å². The van der Waals surface area contributed by atoms with Crippen molar-refractivity contribution in [1.29, 1.82) is 0 Å². The third-order valence-electron chi connectivity index (χ3n) is 0. The van der Waals surface area contributed by atoms with Crippen LogP contribution in [0.1, 0.15) is 20.8 Å². The van der Waals surface area contributed by atoms with E-state index in [-0.39, 0.29) is 36.5 Å². The molecule has 0 amide bonds. The first-order chi connectivity index (χ1) is 1.73. The van der Waals surface area contributed by atoms with E-state index in [9.17, 15) is 0 Å². The van der Waals surface area contributed by atoms with Crippen LogP contribution in [0.15, 0.2) is 0 Å². The van der Waals surface area contributed by atoms with Crippen molar-refractivity contribution in [1.82, 2.24) is 0 Å². The van der Waals surface area contributed by atoms with E-state index >= 15 is 0 Å². The Morgan fingerprint density at radius 2 is 1.00 bits per heavy atom. The van der Waals surface area contributed by atoms with Gasteiger partial charge in [0, 0.05) is 19.5 Å². The maximum atomic E-state index is 2.08. The van der Waals surface area contributed by atoms with Crippen molar-refractivity contribution in [2.24, 2.45) is 0 Å². The first-order valence-corrected chi connectivity index (χ1v) is 1.50. The van der Waals surface area contributed by atoms with Gasteiger partial charge in [-0.3, -0.25) is 0 Å². The van der Waals surface area contributed by atoms with Crippen LogP contribution < -0.4 is 17.0 Å². The Bertz CT molecular complexity index is 12.3. The van der Waals surface area contributed by atoms with Gasteiger partial charge in [0.25, 0.3) is 0 Å². The summed E-state index contributed by atoms with van der Waals surface area (Å²) in [6.07, 6.45) is 0. The van der Waals surface area contributed by atoms with E-state index in [2.05, 4.69) is 20.8 Å². The van der Waals surface area contributed by atoms with E-state index in [0.29, 0.717) is 0 Å². The molecule has 0 atom stereocenters. The molecule has 0 bridgehead atoms. The van der Waals surface area contributed by atoms with Crippen molar-refractivity contribution in [3.05, 3.63) is 5.92 Å². The molecule has 0 nitrogen and oxygen atoms in total. The monoisotopic (exact) mass is 200 g/mol. The molecule has 2 heteroatoms. The van der Waals surface area contributed by atoms with Gasteiger partial charge in [0.2, 0.25) is 0 Å². The van der Waals surface area contributed by atoms with Crippen LogP contribution in [0.2, 0.25) is 0 Å². The summed E-state index contributed by atoms with van der Waals surface area (Å²) in [5.74, 6) is 1.42. The second-order valence-electron chi connectivity index (χ2n) is 1.50. The van der Waals surface area contributed by atoms with Crippen LogP contribution in [-0.2, 0) is 19.5 Å². The quantitative estimate of drug-likeness (QED) is 0.425. The zero-order valence-electron chi connectivity index (χ0n) is 4.59. The van der Waals surface area contributed by atoms with Crippen LogP contribution in [0, 0.1) is 5.92 Å². The third kappa shape index (κ3) is 70.6. The molecule has 0 aliphatic carbocycles. The van der Waals surface area contributed by atoms with Crippen LogP contribution in [0.4, 0.5) is 0 Å². The zero-order chi connectivity index (χ0) is 3.58. The van der Waals surface area contributed by atoms with E-state index in [1.807, 2.05) is 0 Å². The first-order valence-electron chi connectivity index (χ1n) is 1.50. The molecule has 35 valence electrons. The van der Waals surface area contributed by atoms with Crippen LogP contribution >= 0.6 is 0 Å². The van der Waals surface area contributed by atoms with Crippen molar-refractivity contribution in [3.63, 3.8) is 0 Å². The molecule has 0 aliphatic heterocycles. The molecule has 0 aromatic rings. The Morgan fingerprint density at radius 3 is 1.00 bits per heavy atom. The Balaban J connectivity index is -0.0000000450. The Labute approximate surface area is 63.2 Å². The van der Waals surface area contributed by atoms with Gasteiger partial charge < -0.3 is 17.0 Å². The average Bonchev–Trinajstić information content (AvgIpc) is 0.811. The Kier molecular flexibility index (Phi) is 24.7. The van der Waals surface area contributed by atoms with Gasteiger partial charge in [0.15, 0.2) is 0 Å². The summed E-state index contributed by atoms with van der Waals surface area (Å²) >= 11 is 0.